The van der Waals surface area contributed by atoms with Crippen LogP contribution in [0.5, 0.6) is 0 Å². The number of benzene rings is 2. The molecule has 0 radical (unpaired) electrons. The minimum absolute atomic E-state index is 0.310. The van der Waals surface area contributed by atoms with Crippen molar-refractivity contribution in [1.82, 2.24) is 9.80 Å². The predicted molar refractivity (Wildman–Crippen MR) is 116 cm³/mol. The summed E-state index contributed by atoms with van der Waals surface area (Å²) in [5, 5.41) is 1.10. The molecule has 0 N–H and O–H groups in total. The Morgan fingerprint density at radius 2 is 1.52 bits per heavy atom. The molecule has 5 nitrogen and oxygen atoms in total. The Morgan fingerprint density at radius 3 is 2.17 bits per heavy atom. The molecule has 0 aliphatic carbocycles. The van der Waals surface area contributed by atoms with Crippen LogP contribution >= 0.6 is 23.2 Å². The third-order valence-corrected chi connectivity index (χ3v) is 6.15. The summed E-state index contributed by atoms with van der Waals surface area (Å²) in [5.74, 6) is -0.647. The third-order valence-electron chi connectivity index (χ3n) is 5.49. The molecule has 0 aromatic heterocycles. The number of hydrogen-bond acceptors (Lipinski definition) is 4. The monoisotopic (exact) mass is 429 g/mol. The fraction of sp³-hybridized carbons (Fsp3) is 0.273. The highest BCUT2D eigenvalue weighted by molar-refractivity contribution is 6.46. The Hall–Kier alpha value is -2.34. The van der Waals surface area contributed by atoms with Crippen LogP contribution in [0.15, 0.2) is 48.2 Å². The molecule has 2 aliphatic rings. The molecule has 1 fully saturated rings. The third kappa shape index (κ3) is 3.54. The standard InChI is InChI=1S/C22H21Cl2N3O2/c1-14-17(24)4-3-5-18(14)27-21(28)19(15-6-8-16(23)9-7-15)20(22(27)29)26-12-10-25(2)11-13-26/h3-9H,10-13H2,1-2H3. The topological polar surface area (TPSA) is 43.9 Å². The molecule has 0 unspecified atom stereocenters. The maximum atomic E-state index is 13.5. The van der Waals surface area contributed by atoms with Gasteiger partial charge in [0.05, 0.1) is 11.3 Å². The fourth-order valence-corrected chi connectivity index (χ4v) is 4.07. The zero-order valence-corrected chi connectivity index (χ0v) is 17.8. The van der Waals surface area contributed by atoms with Crippen molar-refractivity contribution in [1.29, 1.82) is 0 Å². The molecule has 0 saturated carbocycles. The number of imide groups is 1. The number of hydrogen-bond donors (Lipinski definition) is 0. The van der Waals surface area contributed by atoms with E-state index < -0.39 is 0 Å². The molecule has 0 spiro atoms. The minimum atomic E-state index is -0.336. The molecule has 4 rings (SSSR count). The van der Waals surface area contributed by atoms with E-state index >= 15 is 0 Å². The lowest BCUT2D eigenvalue weighted by Gasteiger charge is -2.34. The SMILES string of the molecule is Cc1c(Cl)cccc1N1C(=O)C(c2ccc(Cl)cc2)=C(N2CCN(C)CC2)C1=O. The van der Waals surface area contributed by atoms with Gasteiger partial charge in [-0.1, -0.05) is 41.4 Å². The quantitative estimate of drug-likeness (QED) is 0.695. The van der Waals surface area contributed by atoms with Crippen LogP contribution in [0.4, 0.5) is 5.69 Å². The molecule has 0 atom stereocenters. The van der Waals surface area contributed by atoms with Gasteiger partial charge >= 0.3 is 0 Å². The summed E-state index contributed by atoms with van der Waals surface area (Å²) in [5.41, 5.74) is 2.76. The van der Waals surface area contributed by atoms with E-state index in [0.717, 1.165) is 13.1 Å². The highest BCUT2D eigenvalue weighted by atomic mass is 35.5. The molecule has 2 aliphatic heterocycles. The largest absolute Gasteiger partial charge is 0.364 e. The zero-order chi connectivity index (χ0) is 20.7. The van der Waals surface area contributed by atoms with Crippen molar-refractivity contribution in [3.05, 3.63) is 69.3 Å². The van der Waals surface area contributed by atoms with Crippen molar-refractivity contribution in [2.45, 2.75) is 6.92 Å². The summed E-state index contributed by atoms with van der Waals surface area (Å²) in [4.78, 5) is 32.5. The first kappa shape index (κ1) is 20.0. The number of carbonyl (C=O) groups is 2. The second-order valence-corrected chi connectivity index (χ2v) is 8.19. The Labute approximate surface area is 180 Å². The van der Waals surface area contributed by atoms with E-state index in [-0.39, 0.29) is 11.8 Å². The zero-order valence-electron chi connectivity index (χ0n) is 16.3. The maximum absolute atomic E-state index is 13.5. The normalized spacial score (nSPS) is 18.2. The van der Waals surface area contributed by atoms with Crippen LogP contribution in [0.3, 0.4) is 0 Å². The van der Waals surface area contributed by atoms with Crippen molar-refractivity contribution in [2.75, 3.05) is 38.1 Å². The Balaban J connectivity index is 1.83. The molecule has 7 heteroatoms. The number of anilines is 1. The molecular weight excluding hydrogens is 409 g/mol. The van der Waals surface area contributed by atoms with Gasteiger partial charge in [-0.2, -0.15) is 0 Å². The van der Waals surface area contributed by atoms with Gasteiger partial charge in [0.15, 0.2) is 0 Å². The Morgan fingerprint density at radius 1 is 0.862 bits per heavy atom. The first-order chi connectivity index (χ1) is 13.9. The van der Waals surface area contributed by atoms with Crippen LogP contribution in [-0.2, 0) is 9.59 Å². The van der Waals surface area contributed by atoms with Crippen molar-refractivity contribution in [3.8, 4) is 0 Å². The average molecular weight is 430 g/mol. The van der Waals surface area contributed by atoms with Gasteiger partial charge in [-0.15, -0.1) is 0 Å². The summed E-state index contributed by atoms with van der Waals surface area (Å²) < 4.78 is 0. The van der Waals surface area contributed by atoms with Crippen LogP contribution in [0.2, 0.25) is 10.0 Å². The smallest absolute Gasteiger partial charge is 0.282 e. The van der Waals surface area contributed by atoms with E-state index in [1.807, 2.05) is 11.8 Å². The predicted octanol–water partition coefficient (Wildman–Crippen LogP) is 3.83. The van der Waals surface area contributed by atoms with E-state index in [1.165, 1.54) is 4.90 Å². The number of halogens is 2. The number of rotatable bonds is 3. The molecule has 29 heavy (non-hydrogen) atoms. The molecule has 150 valence electrons. The number of likely N-dealkylation sites (N-methyl/N-ethyl adjacent to an activating group) is 1. The van der Waals surface area contributed by atoms with E-state index in [1.54, 1.807) is 42.5 Å². The summed E-state index contributed by atoms with van der Waals surface area (Å²) in [6.45, 7) is 4.84. The van der Waals surface area contributed by atoms with Crippen LogP contribution in [0.25, 0.3) is 5.57 Å². The molecule has 0 bridgehead atoms. The second-order valence-electron chi connectivity index (χ2n) is 7.35. The number of piperazine rings is 1. The molecule has 2 amide bonds. The van der Waals surface area contributed by atoms with Gasteiger partial charge in [0.25, 0.3) is 11.8 Å². The van der Waals surface area contributed by atoms with Crippen molar-refractivity contribution < 1.29 is 9.59 Å². The summed E-state index contributed by atoms with van der Waals surface area (Å²) in [6.07, 6.45) is 0. The molecule has 2 heterocycles. The first-order valence-corrected chi connectivity index (χ1v) is 10.2. The lowest BCUT2D eigenvalue weighted by atomic mass is 10.0. The van der Waals surface area contributed by atoms with E-state index in [2.05, 4.69) is 11.9 Å². The highest BCUT2D eigenvalue weighted by Crippen LogP contribution is 2.37. The van der Waals surface area contributed by atoms with Gasteiger partial charge in [-0.25, -0.2) is 4.90 Å². The van der Waals surface area contributed by atoms with Crippen LogP contribution in [0, 0.1) is 6.92 Å². The lowest BCUT2D eigenvalue weighted by Crippen LogP contribution is -2.46. The van der Waals surface area contributed by atoms with Gasteiger partial charge in [0.1, 0.15) is 5.70 Å². The second kappa shape index (κ2) is 7.82. The summed E-state index contributed by atoms with van der Waals surface area (Å²) >= 11 is 12.3. The van der Waals surface area contributed by atoms with Gasteiger partial charge in [-0.05, 0) is 49.4 Å². The highest BCUT2D eigenvalue weighted by Gasteiger charge is 2.43. The average Bonchev–Trinajstić information content (AvgIpc) is 2.96. The molecule has 2 aromatic rings. The summed E-state index contributed by atoms with van der Waals surface area (Å²) in [7, 11) is 2.05. The number of carbonyl (C=O) groups excluding carboxylic acids is 2. The van der Waals surface area contributed by atoms with E-state index in [9.17, 15) is 9.59 Å². The number of nitrogens with zero attached hydrogens (tertiary/aromatic N) is 3. The van der Waals surface area contributed by atoms with Crippen LogP contribution in [0.1, 0.15) is 11.1 Å². The first-order valence-electron chi connectivity index (χ1n) is 9.46. The van der Waals surface area contributed by atoms with Crippen molar-refractivity contribution >= 4 is 46.3 Å². The van der Waals surface area contributed by atoms with Crippen molar-refractivity contribution in [3.63, 3.8) is 0 Å². The van der Waals surface area contributed by atoms with Crippen molar-refractivity contribution in [2.24, 2.45) is 0 Å². The van der Waals surface area contributed by atoms with Gasteiger partial charge in [-0.3, -0.25) is 9.59 Å². The van der Waals surface area contributed by atoms with Crippen LogP contribution in [-0.4, -0.2) is 54.8 Å². The maximum Gasteiger partial charge on any atom is 0.282 e. The molecule has 2 aromatic carbocycles. The number of amides is 2. The fourth-order valence-electron chi connectivity index (χ4n) is 3.78. The molecular formula is C22H21Cl2N3O2. The minimum Gasteiger partial charge on any atom is -0.364 e. The van der Waals surface area contributed by atoms with E-state index in [0.29, 0.717) is 51.2 Å². The van der Waals surface area contributed by atoms with Gasteiger partial charge in [0.2, 0.25) is 0 Å². The summed E-state index contributed by atoms with van der Waals surface area (Å²) in [6, 6.07) is 12.3. The van der Waals surface area contributed by atoms with E-state index in [4.69, 9.17) is 23.2 Å². The lowest BCUT2D eigenvalue weighted by molar-refractivity contribution is -0.120. The molecule has 1 saturated heterocycles. The Kier molecular flexibility index (Phi) is 5.38. The van der Waals surface area contributed by atoms with Gasteiger partial charge in [0, 0.05) is 36.2 Å². The Bertz CT molecular complexity index is 1010. The van der Waals surface area contributed by atoms with Crippen LogP contribution < -0.4 is 4.90 Å². The van der Waals surface area contributed by atoms with Gasteiger partial charge < -0.3 is 9.80 Å².